The Morgan fingerprint density at radius 1 is 1.30 bits per heavy atom. The summed E-state index contributed by atoms with van der Waals surface area (Å²) >= 11 is 3.01. The van der Waals surface area contributed by atoms with Crippen LogP contribution in [0.15, 0.2) is 28.7 Å². The number of carbonyl (C=O) groups is 1. The van der Waals surface area contributed by atoms with Gasteiger partial charge < -0.3 is 9.67 Å². The molecule has 0 saturated heterocycles. The number of aromatic carboxylic acids is 1. The van der Waals surface area contributed by atoms with Gasteiger partial charge in [0.05, 0.1) is 10.2 Å². The normalized spacial score (nSPS) is 10.8. The summed E-state index contributed by atoms with van der Waals surface area (Å²) < 4.78 is 28.8. The van der Waals surface area contributed by atoms with E-state index in [2.05, 4.69) is 15.9 Å². The van der Waals surface area contributed by atoms with Gasteiger partial charge in [-0.1, -0.05) is 6.92 Å². The lowest BCUT2D eigenvalue weighted by Gasteiger charge is -2.12. The zero-order valence-electron chi connectivity index (χ0n) is 10.7. The molecule has 0 amide bonds. The molecule has 0 aliphatic heterocycles. The maximum absolute atomic E-state index is 13.9. The number of aromatic nitrogens is 1. The molecule has 3 nitrogen and oxygen atoms in total. The summed E-state index contributed by atoms with van der Waals surface area (Å²) in [7, 11) is 0. The van der Waals surface area contributed by atoms with Gasteiger partial charge in [0.1, 0.15) is 17.3 Å². The van der Waals surface area contributed by atoms with Crippen molar-refractivity contribution in [3.05, 3.63) is 46.1 Å². The molecule has 0 saturated carbocycles. The molecule has 1 N–H and O–H groups in total. The fourth-order valence-corrected chi connectivity index (χ4v) is 2.42. The Balaban J connectivity index is 2.63. The first kappa shape index (κ1) is 14.7. The van der Waals surface area contributed by atoms with Crippen LogP contribution in [0.5, 0.6) is 0 Å². The zero-order valence-corrected chi connectivity index (χ0v) is 12.2. The van der Waals surface area contributed by atoms with Crippen molar-refractivity contribution in [2.45, 2.75) is 19.9 Å². The molecule has 106 valence electrons. The van der Waals surface area contributed by atoms with Gasteiger partial charge in [-0.25, -0.2) is 13.6 Å². The van der Waals surface area contributed by atoms with E-state index in [9.17, 15) is 13.6 Å². The lowest BCUT2D eigenvalue weighted by molar-refractivity contribution is 0.0685. The second-order valence-electron chi connectivity index (χ2n) is 4.31. The third-order valence-corrected chi connectivity index (χ3v) is 3.54. The summed E-state index contributed by atoms with van der Waals surface area (Å²) in [6.45, 7) is 2.34. The highest BCUT2D eigenvalue weighted by molar-refractivity contribution is 9.10. The maximum Gasteiger partial charge on any atom is 0.352 e. The van der Waals surface area contributed by atoms with E-state index in [0.717, 1.165) is 6.07 Å². The molecule has 1 aromatic heterocycles. The third kappa shape index (κ3) is 2.60. The Labute approximate surface area is 123 Å². The van der Waals surface area contributed by atoms with E-state index in [0.29, 0.717) is 18.7 Å². The fourth-order valence-electron chi connectivity index (χ4n) is 2.07. The van der Waals surface area contributed by atoms with E-state index < -0.39 is 17.6 Å². The number of halogens is 3. The average molecular weight is 344 g/mol. The molecule has 2 rings (SSSR count). The van der Waals surface area contributed by atoms with Crippen molar-refractivity contribution < 1.29 is 18.7 Å². The van der Waals surface area contributed by atoms with Crippen LogP contribution in [0.25, 0.3) is 11.3 Å². The fraction of sp³-hybridized carbons (Fsp3) is 0.214. The van der Waals surface area contributed by atoms with E-state index in [4.69, 9.17) is 5.11 Å². The Bertz CT molecular complexity index is 667. The lowest BCUT2D eigenvalue weighted by Crippen LogP contribution is -2.09. The smallest absolute Gasteiger partial charge is 0.352 e. The number of hydrogen-bond donors (Lipinski definition) is 1. The third-order valence-electron chi connectivity index (χ3n) is 2.93. The highest BCUT2D eigenvalue weighted by Crippen LogP contribution is 2.30. The Morgan fingerprint density at radius 3 is 2.60 bits per heavy atom. The lowest BCUT2D eigenvalue weighted by atomic mass is 10.1. The quantitative estimate of drug-likeness (QED) is 0.840. The van der Waals surface area contributed by atoms with E-state index in [1.54, 1.807) is 0 Å². The molecule has 1 heterocycles. The first-order valence-corrected chi connectivity index (χ1v) is 6.82. The molecule has 2 aromatic rings. The molecule has 6 heteroatoms. The average Bonchev–Trinajstić information content (AvgIpc) is 2.78. The minimum atomic E-state index is -1.08. The van der Waals surface area contributed by atoms with Crippen molar-refractivity contribution in [3.63, 3.8) is 0 Å². The molecular weight excluding hydrogens is 332 g/mol. The van der Waals surface area contributed by atoms with Crippen LogP contribution in [-0.4, -0.2) is 15.6 Å². The van der Waals surface area contributed by atoms with Crippen molar-refractivity contribution in [2.75, 3.05) is 0 Å². The first-order chi connectivity index (χ1) is 9.45. The van der Waals surface area contributed by atoms with Crippen molar-refractivity contribution >= 4 is 21.9 Å². The molecule has 1 aromatic carbocycles. The van der Waals surface area contributed by atoms with Crippen LogP contribution in [0, 0.1) is 11.6 Å². The molecule has 0 aliphatic carbocycles. The Hall–Kier alpha value is -1.69. The number of carboxylic acid groups (broad SMARTS) is 1. The van der Waals surface area contributed by atoms with E-state index >= 15 is 0 Å². The molecule has 0 radical (unpaired) electrons. The molecule has 0 bridgehead atoms. The predicted octanol–water partition coefficient (Wildman–Crippen LogP) is 4.30. The highest BCUT2D eigenvalue weighted by Gasteiger charge is 2.18. The van der Waals surface area contributed by atoms with Gasteiger partial charge in [0.2, 0.25) is 0 Å². The van der Waals surface area contributed by atoms with Crippen molar-refractivity contribution in [2.24, 2.45) is 0 Å². The van der Waals surface area contributed by atoms with E-state index in [1.807, 2.05) is 6.92 Å². The van der Waals surface area contributed by atoms with Crippen LogP contribution in [-0.2, 0) is 6.54 Å². The summed E-state index contributed by atoms with van der Waals surface area (Å²) in [5.41, 5.74) is 0.670. The zero-order chi connectivity index (χ0) is 14.9. The van der Waals surface area contributed by atoms with Gasteiger partial charge in [-0.05, 0) is 40.5 Å². The van der Waals surface area contributed by atoms with Crippen LogP contribution in [0.3, 0.4) is 0 Å². The minimum absolute atomic E-state index is 0.0849. The molecule has 0 aliphatic rings. The summed E-state index contributed by atoms with van der Waals surface area (Å²) in [6.07, 6.45) is 0.700. The molecule has 20 heavy (non-hydrogen) atoms. The van der Waals surface area contributed by atoms with Gasteiger partial charge in [0.25, 0.3) is 0 Å². The Kier molecular flexibility index (Phi) is 4.23. The number of nitrogens with zero attached hydrogens (tertiary/aromatic N) is 1. The maximum atomic E-state index is 13.9. The molecule has 0 fully saturated rings. The molecular formula is C14H12BrF2NO2. The van der Waals surface area contributed by atoms with E-state index in [-0.39, 0.29) is 15.7 Å². The van der Waals surface area contributed by atoms with Crippen LogP contribution < -0.4 is 0 Å². The van der Waals surface area contributed by atoms with Crippen LogP contribution >= 0.6 is 15.9 Å². The van der Waals surface area contributed by atoms with Gasteiger partial charge in [-0.15, -0.1) is 0 Å². The number of rotatable bonds is 4. The summed E-state index contributed by atoms with van der Waals surface area (Å²) in [6, 6.07) is 5.05. The van der Waals surface area contributed by atoms with Crippen LogP contribution in [0.1, 0.15) is 23.8 Å². The summed E-state index contributed by atoms with van der Waals surface area (Å²) in [4.78, 5) is 11.2. The standard InChI is InChI=1S/C14H12BrF2NO2/c1-2-5-18-12(3-4-13(18)14(19)20)8-6-9(15)11(17)7-10(8)16/h3-4,6-7H,2,5H2,1H3,(H,19,20). The van der Waals surface area contributed by atoms with Gasteiger partial charge in [-0.2, -0.15) is 0 Å². The monoisotopic (exact) mass is 343 g/mol. The molecule has 0 unspecified atom stereocenters. The summed E-state index contributed by atoms with van der Waals surface area (Å²) in [5.74, 6) is -2.50. The van der Waals surface area contributed by atoms with Gasteiger partial charge in [0.15, 0.2) is 0 Å². The number of benzene rings is 1. The van der Waals surface area contributed by atoms with Gasteiger partial charge in [0, 0.05) is 18.2 Å². The minimum Gasteiger partial charge on any atom is -0.477 e. The van der Waals surface area contributed by atoms with Crippen molar-refractivity contribution in [3.8, 4) is 11.3 Å². The topological polar surface area (TPSA) is 42.2 Å². The van der Waals surface area contributed by atoms with E-state index in [1.165, 1.54) is 22.8 Å². The second kappa shape index (κ2) is 5.75. The summed E-state index contributed by atoms with van der Waals surface area (Å²) in [5, 5.41) is 9.14. The van der Waals surface area contributed by atoms with Crippen molar-refractivity contribution in [1.29, 1.82) is 0 Å². The largest absolute Gasteiger partial charge is 0.477 e. The van der Waals surface area contributed by atoms with Gasteiger partial charge in [-0.3, -0.25) is 0 Å². The molecule has 0 atom stereocenters. The highest BCUT2D eigenvalue weighted by atomic mass is 79.9. The van der Waals surface area contributed by atoms with Crippen molar-refractivity contribution in [1.82, 2.24) is 4.57 Å². The van der Waals surface area contributed by atoms with Gasteiger partial charge >= 0.3 is 5.97 Å². The molecule has 0 spiro atoms. The van der Waals surface area contributed by atoms with Crippen LogP contribution in [0.2, 0.25) is 0 Å². The number of carboxylic acids is 1. The second-order valence-corrected chi connectivity index (χ2v) is 5.16. The Morgan fingerprint density at radius 2 is 2.00 bits per heavy atom. The predicted molar refractivity (Wildman–Crippen MR) is 74.7 cm³/mol. The first-order valence-electron chi connectivity index (χ1n) is 6.03. The van der Waals surface area contributed by atoms with Crippen LogP contribution in [0.4, 0.5) is 8.78 Å². The SMILES string of the molecule is CCCn1c(C(=O)O)ccc1-c1cc(Br)c(F)cc1F. The number of hydrogen-bond acceptors (Lipinski definition) is 1.